The smallest absolute Gasteiger partial charge is 0.297 e. The Hall–Kier alpha value is -1.03. The van der Waals surface area contributed by atoms with Crippen molar-refractivity contribution in [1.29, 1.82) is 0 Å². The van der Waals surface area contributed by atoms with E-state index in [9.17, 15) is 0 Å². The molecular formula is C12H21N3O. The molecule has 90 valence electrons. The highest BCUT2D eigenvalue weighted by molar-refractivity contribution is 5.27. The fourth-order valence-electron chi connectivity index (χ4n) is 2.36. The van der Waals surface area contributed by atoms with E-state index < -0.39 is 0 Å². The minimum absolute atomic E-state index is 0.454. The largest absolute Gasteiger partial charge is 0.432 e. The maximum absolute atomic E-state index is 5.51. The summed E-state index contributed by atoms with van der Waals surface area (Å²) in [5, 5.41) is 0. The van der Waals surface area contributed by atoms with Crippen molar-refractivity contribution in [2.75, 3.05) is 18.0 Å². The highest BCUT2D eigenvalue weighted by Crippen LogP contribution is 2.25. The van der Waals surface area contributed by atoms with Crippen LogP contribution in [0.3, 0.4) is 0 Å². The standard InChI is InChI=1S/C12H21N3O/c1-2-3-10-4-6-15(7-5-10)12-14-11(8-13)9-16-12/h9-10H,2-8,13H2,1H3. The van der Waals surface area contributed by atoms with E-state index in [1.165, 1.54) is 25.7 Å². The summed E-state index contributed by atoms with van der Waals surface area (Å²) in [6.07, 6.45) is 6.82. The molecule has 1 saturated heterocycles. The van der Waals surface area contributed by atoms with Crippen molar-refractivity contribution in [3.8, 4) is 0 Å². The van der Waals surface area contributed by atoms with Gasteiger partial charge in [-0.25, -0.2) is 0 Å². The van der Waals surface area contributed by atoms with Crippen LogP contribution in [0.15, 0.2) is 10.7 Å². The first-order valence-corrected chi connectivity index (χ1v) is 6.23. The van der Waals surface area contributed by atoms with Gasteiger partial charge in [-0.15, -0.1) is 0 Å². The predicted octanol–water partition coefficient (Wildman–Crippen LogP) is 2.15. The van der Waals surface area contributed by atoms with Crippen molar-refractivity contribution in [3.63, 3.8) is 0 Å². The van der Waals surface area contributed by atoms with Crippen LogP contribution in [-0.4, -0.2) is 18.1 Å². The van der Waals surface area contributed by atoms with Gasteiger partial charge in [0.05, 0.1) is 5.69 Å². The minimum Gasteiger partial charge on any atom is -0.432 e. The number of anilines is 1. The third-order valence-corrected chi connectivity index (χ3v) is 3.33. The summed E-state index contributed by atoms with van der Waals surface area (Å²) in [5.41, 5.74) is 6.35. The van der Waals surface area contributed by atoms with Gasteiger partial charge in [0.2, 0.25) is 0 Å². The summed E-state index contributed by atoms with van der Waals surface area (Å²) < 4.78 is 5.43. The molecular weight excluding hydrogens is 202 g/mol. The molecule has 16 heavy (non-hydrogen) atoms. The van der Waals surface area contributed by atoms with E-state index in [2.05, 4.69) is 16.8 Å². The highest BCUT2D eigenvalue weighted by Gasteiger charge is 2.21. The molecule has 0 atom stereocenters. The lowest BCUT2D eigenvalue weighted by molar-refractivity contribution is 0.365. The maximum atomic E-state index is 5.51. The topological polar surface area (TPSA) is 55.3 Å². The van der Waals surface area contributed by atoms with Gasteiger partial charge in [0.1, 0.15) is 6.26 Å². The van der Waals surface area contributed by atoms with Gasteiger partial charge in [0.15, 0.2) is 0 Å². The van der Waals surface area contributed by atoms with Crippen LogP contribution < -0.4 is 10.6 Å². The Morgan fingerprint density at radius 3 is 2.81 bits per heavy atom. The Balaban J connectivity index is 1.88. The van der Waals surface area contributed by atoms with Crippen LogP contribution in [0.1, 0.15) is 38.3 Å². The van der Waals surface area contributed by atoms with E-state index in [0.717, 1.165) is 30.7 Å². The number of aromatic nitrogens is 1. The van der Waals surface area contributed by atoms with E-state index in [1.807, 2.05) is 0 Å². The second-order valence-electron chi connectivity index (χ2n) is 4.54. The highest BCUT2D eigenvalue weighted by atomic mass is 16.4. The Morgan fingerprint density at radius 1 is 1.50 bits per heavy atom. The molecule has 1 fully saturated rings. The van der Waals surface area contributed by atoms with Crippen molar-refractivity contribution in [2.24, 2.45) is 11.7 Å². The van der Waals surface area contributed by atoms with Crippen molar-refractivity contribution < 1.29 is 4.42 Å². The molecule has 0 radical (unpaired) electrons. The molecule has 4 heteroatoms. The molecule has 4 nitrogen and oxygen atoms in total. The lowest BCUT2D eigenvalue weighted by Crippen LogP contribution is -2.33. The first kappa shape index (κ1) is 11.5. The molecule has 0 aromatic carbocycles. The van der Waals surface area contributed by atoms with Crippen LogP contribution in [0.2, 0.25) is 0 Å². The molecule has 0 unspecified atom stereocenters. The fourth-order valence-corrected chi connectivity index (χ4v) is 2.36. The first-order chi connectivity index (χ1) is 7.83. The third-order valence-electron chi connectivity index (χ3n) is 3.33. The minimum atomic E-state index is 0.454. The van der Waals surface area contributed by atoms with Crippen molar-refractivity contribution in [1.82, 2.24) is 4.98 Å². The fraction of sp³-hybridized carbons (Fsp3) is 0.750. The number of hydrogen-bond donors (Lipinski definition) is 1. The summed E-state index contributed by atoms with van der Waals surface area (Å²) >= 11 is 0. The summed E-state index contributed by atoms with van der Waals surface area (Å²) in [7, 11) is 0. The first-order valence-electron chi connectivity index (χ1n) is 6.23. The Labute approximate surface area is 96.8 Å². The average Bonchev–Trinajstić information content (AvgIpc) is 2.79. The van der Waals surface area contributed by atoms with Crippen LogP contribution in [0.25, 0.3) is 0 Å². The van der Waals surface area contributed by atoms with Crippen LogP contribution in [0, 0.1) is 5.92 Å². The molecule has 1 aliphatic rings. The monoisotopic (exact) mass is 223 g/mol. The molecule has 0 aliphatic carbocycles. The van der Waals surface area contributed by atoms with Crippen LogP contribution in [0.5, 0.6) is 0 Å². The van der Waals surface area contributed by atoms with Gasteiger partial charge >= 0.3 is 0 Å². The Bertz CT molecular complexity index is 316. The van der Waals surface area contributed by atoms with Gasteiger partial charge in [0.25, 0.3) is 6.01 Å². The number of nitrogens with zero attached hydrogens (tertiary/aromatic N) is 2. The maximum Gasteiger partial charge on any atom is 0.297 e. The van der Waals surface area contributed by atoms with Crippen molar-refractivity contribution in [3.05, 3.63) is 12.0 Å². The molecule has 0 bridgehead atoms. The number of oxazole rings is 1. The molecule has 1 aliphatic heterocycles. The van der Waals surface area contributed by atoms with Gasteiger partial charge in [0, 0.05) is 19.6 Å². The second-order valence-corrected chi connectivity index (χ2v) is 4.54. The summed E-state index contributed by atoms with van der Waals surface area (Å²) in [5.74, 6) is 0.894. The normalized spacial score (nSPS) is 18.0. The van der Waals surface area contributed by atoms with Gasteiger partial charge in [-0.3, -0.25) is 0 Å². The van der Waals surface area contributed by atoms with Gasteiger partial charge in [-0.2, -0.15) is 4.98 Å². The number of rotatable bonds is 4. The van der Waals surface area contributed by atoms with Crippen molar-refractivity contribution in [2.45, 2.75) is 39.2 Å². The average molecular weight is 223 g/mol. The summed E-state index contributed by atoms with van der Waals surface area (Å²) in [6.45, 7) is 4.84. The van der Waals surface area contributed by atoms with Crippen molar-refractivity contribution >= 4 is 6.01 Å². The van der Waals surface area contributed by atoms with Gasteiger partial charge in [-0.05, 0) is 18.8 Å². The molecule has 2 rings (SSSR count). The third kappa shape index (κ3) is 2.55. The molecule has 0 amide bonds. The molecule has 0 saturated carbocycles. The van der Waals surface area contributed by atoms with Crippen LogP contribution >= 0.6 is 0 Å². The zero-order chi connectivity index (χ0) is 11.4. The van der Waals surface area contributed by atoms with E-state index >= 15 is 0 Å². The van der Waals surface area contributed by atoms with Crippen LogP contribution in [-0.2, 0) is 6.54 Å². The molecule has 2 heterocycles. The zero-order valence-electron chi connectivity index (χ0n) is 9.98. The molecule has 1 aromatic rings. The SMILES string of the molecule is CCCC1CCN(c2nc(CN)co2)CC1. The number of piperidine rings is 1. The van der Waals surface area contributed by atoms with E-state index in [4.69, 9.17) is 10.2 Å². The van der Waals surface area contributed by atoms with E-state index in [-0.39, 0.29) is 0 Å². The lowest BCUT2D eigenvalue weighted by Gasteiger charge is -2.30. The zero-order valence-corrected chi connectivity index (χ0v) is 9.98. The molecule has 1 aromatic heterocycles. The van der Waals surface area contributed by atoms with Gasteiger partial charge in [-0.1, -0.05) is 19.8 Å². The summed E-state index contributed by atoms with van der Waals surface area (Å²) in [4.78, 5) is 6.59. The van der Waals surface area contributed by atoms with Gasteiger partial charge < -0.3 is 15.1 Å². The number of nitrogens with two attached hydrogens (primary N) is 1. The molecule has 2 N–H and O–H groups in total. The van der Waals surface area contributed by atoms with E-state index in [1.54, 1.807) is 6.26 Å². The van der Waals surface area contributed by atoms with Crippen LogP contribution in [0.4, 0.5) is 6.01 Å². The quantitative estimate of drug-likeness (QED) is 0.849. The predicted molar refractivity (Wildman–Crippen MR) is 64.2 cm³/mol. The van der Waals surface area contributed by atoms with E-state index in [0.29, 0.717) is 6.54 Å². The number of hydrogen-bond acceptors (Lipinski definition) is 4. The summed E-state index contributed by atoms with van der Waals surface area (Å²) in [6, 6.07) is 0.746. The lowest BCUT2D eigenvalue weighted by atomic mass is 9.93. The Morgan fingerprint density at radius 2 is 2.25 bits per heavy atom. The second kappa shape index (κ2) is 5.34. The Kier molecular flexibility index (Phi) is 3.83. The molecule has 0 spiro atoms.